The fourth-order valence-corrected chi connectivity index (χ4v) is 6.36. The number of hydrogen-bond donors (Lipinski definition) is 1. The third-order valence-electron chi connectivity index (χ3n) is 6.66. The van der Waals surface area contributed by atoms with Gasteiger partial charge in [0.25, 0.3) is 5.56 Å². The number of anilines is 1. The number of aromatic nitrogens is 1. The normalized spacial score (nSPS) is 17.0. The quantitative estimate of drug-likeness (QED) is 0.395. The molecule has 4 nitrogen and oxygen atoms in total. The highest BCUT2D eigenvalue weighted by atomic mass is 32.2. The van der Waals surface area contributed by atoms with Gasteiger partial charge in [-0.25, -0.2) is 4.39 Å². The molecule has 1 aliphatic heterocycles. The largest absolute Gasteiger partial charge is 0.324 e. The number of benzene rings is 3. The predicted octanol–water partition coefficient (Wildman–Crippen LogP) is 5.89. The van der Waals surface area contributed by atoms with Gasteiger partial charge in [-0.2, -0.15) is 0 Å². The van der Waals surface area contributed by atoms with Crippen LogP contribution in [0.3, 0.4) is 0 Å². The summed E-state index contributed by atoms with van der Waals surface area (Å²) < 4.78 is 15.2. The number of rotatable bonds is 5. The molecule has 2 aliphatic rings. The minimum atomic E-state index is -0.611. The van der Waals surface area contributed by atoms with Crippen LogP contribution in [0.5, 0.6) is 0 Å². The van der Waals surface area contributed by atoms with Crippen molar-refractivity contribution in [2.24, 2.45) is 0 Å². The Labute approximate surface area is 200 Å². The first kappa shape index (κ1) is 21.2. The van der Waals surface area contributed by atoms with Crippen molar-refractivity contribution in [3.05, 3.63) is 106 Å². The van der Waals surface area contributed by atoms with Gasteiger partial charge in [-0.1, -0.05) is 48.5 Å². The maximum absolute atomic E-state index is 13.6. The predicted molar refractivity (Wildman–Crippen MR) is 134 cm³/mol. The average Bonchev–Trinajstić information content (AvgIpc) is 3.56. The SMILES string of the molecule is O=C(Nc1cccc(F)c1)[C@@H]1CSc2c(C3CC3)c(Cc3cccc4ccccc34)cc(=O)n21. The molecule has 2 heterocycles. The van der Waals surface area contributed by atoms with Crippen LogP contribution in [0.1, 0.15) is 41.5 Å². The Morgan fingerprint density at radius 1 is 1.00 bits per heavy atom. The van der Waals surface area contributed by atoms with Crippen molar-refractivity contribution in [3.63, 3.8) is 0 Å². The lowest BCUT2D eigenvalue weighted by Gasteiger charge is -2.18. The van der Waals surface area contributed by atoms with E-state index in [9.17, 15) is 14.0 Å². The first-order valence-electron chi connectivity index (χ1n) is 11.5. The second kappa shape index (κ2) is 8.44. The minimum absolute atomic E-state index is 0.154. The smallest absolute Gasteiger partial charge is 0.252 e. The number of halogens is 1. The summed E-state index contributed by atoms with van der Waals surface area (Å²) >= 11 is 1.58. The maximum Gasteiger partial charge on any atom is 0.252 e. The number of carbonyl (C=O) groups is 1. The number of fused-ring (bicyclic) bond motifs is 2. The number of thioether (sulfide) groups is 1. The van der Waals surface area contributed by atoms with Crippen molar-refractivity contribution in [1.29, 1.82) is 0 Å². The molecule has 4 aromatic rings. The molecule has 170 valence electrons. The molecule has 0 saturated heterocycles. The van der Waals surface area contributed by atoms with E-state index in [2.05, 4.69) is 35.6 Å². The fourth-order valence-electron chi connectivity index (χ4n) is 4.93. The lowest BCUT2D eigenvalue weighted by atomic mass is 9.95. The molecular weight excluding hydrogens is 447 g/mol. The highest BCUT2D eigenvalue weighted by Gasteiger charge is 2.37. The standard InChI is InChI=1S/C28H23FN2O2S/c29-21-8-4-9-22(15-21)30-27(33)24-16-34-28-26(18-11-12-18)20(14-25(32)31(24)28)13-19-7-3-6-17-5-1-2-10-23(17)19/h1-10,14-15,18,24H,11-13,16H2,(H,30,33)/t24-/m0/s1. The van der Waals surface area contributed by atoms with E-state index in [1.807, 2.05) is 12.1 Å². The Hall–Kier alpha value is -3.38. The third-order valence-corrected chi connectivity index (χ3v) is 7.83. The molecule has 1 atom stereocenters. The van der Waals surface area contributed by atoms with Gasteiger partial charge in [-0.15, -0.1) is 11.8 Å². The lowest BCUT2D eigenvalue weighted by Crippen LogP contribution is -2.33. The van der Waals surface area contributed by atoms with Crippen LogP contribution in [0, 0.1) is 5.82 Å². The van der Waals surface area contributed by atoms with Crippen LogP contribution < -0.4 is 10.9 Å². The Kier molecular flexibility index (Phi) is 5.26. The monoisotopic (exact) mass is 470 g/mol. The summed E-state index contributed by atoms with van der Waals surface area (Å²) in [5.74, 6) is 0.227. The molecule has 3 aromatic carbocycles. The molecule has 1 fully saturated rings. The number of hydrogen-bond acceptors (Lipinski definition) is 3. The van der Waals surface area contributed by atoms with Gasteiger partial charge in [-0.3, -0.25) is 14.2 Å². The first-order chi connectivity index (χ1) is 16.6. The maximum atomic E-state index is 13.6. The van der Waals surface area contributed by atoms with Crippen molar-refractivity contribution in [1.82, 2.24) is 4.57 Å². The summed E-state index contributed by atoms with van der Waals surface area (Å²) in [5, 5.41) is 6.09. The average molecular weight is 471 g/mol. The van der Waals surface area contributed by atoms with E-state index in [1.165, 1.54) is 34.0 Å². The van der Waals surface area contributed by atoms with Crippen LogP contribution in [0.25, 0.3) is 10.8 Å². The van der Waals surface area contributed by atoms with Crippen molar-refractivity contribution in [3.8, 4) is 0 Å². The summed E-state index contributed by atoms with van der Waals surface area (Å²) in [7, 11) is 0. The summed E-state index contributed by atoms with van der Waals surface area (Å²) in [6.45, 7) is 0. The number of pyridine rings is 1. The molecule has 1 saturated carbocycles. The van der Waals surface area contributed by atoms with Crippen LogP contribution in [0.15, 0.2) is 82.6 Å². The second-order valence-electron chi connectivity index (χ2n) is 9.01. The third kappa shape index (κ3) is 3.82. The van der Waals surface area contributed by atoms with E-state index in [0.29, 0.717) is 23.8 Å². The number of amides is 1. The molecule has 1 N–H and O–H groups in total. The molecule has 0 spiro atoms. The Morgan fingerprint density at radius 3 is 2.62 bits per heavy atom. The lowest BCUT2D eigenvalue weighted by molar-refractivity contribution is -0.118. The van der Waals surface area contributed by atoms with Gasteiger partial charge < -0.3 is 5.32 Å². The number of carbonyl (C=O) groups excluding carboxylic acids is 1. The van der Waals surface area contributed by atoms with Gasteiger partial charge in [0.05, 0.1) is 5.03 Å². The van der Waals surface area contributed by atoms with E-state index in [-0.39, 0.29) is 11.5 Å². The zero-order valence-electron chi connectivity index (χ0n) is 18.5. The molecular formula is C28H23FN2O2S. The number of nitrogens with zero attached hydrogens (tertiary/aromatic N) is 1. The van der Waals surface area contributed by atoms with Crippen molar-refractivity contribution in [2.75, 3.05) is 11.1 Å². The molecule has 1 aliphatic carbocycles. The fraction of sp³-hybridized carbons (Fsp3) is 0.214. The van der Waals surface area contributed by atoms with Gasteiger partial charge in [0.15, 0.2) is 0 Å². The molecule has 6 heteroatoms. The van der Waals surface area contributed by atoms with Gasteiger partial charge in [0.2, 0.25) is 5.91 Å². The molecule has 6 rings (SSSR count). The van der Waals surface area contributed by atoms with Gasteiger partial charge in [0.1, 0.15) is 11.9 Å². The van der Waals surface area contributed by atoms with E-state index in [4.69, 9.17) is 0 Å². The van der Waals surface area contributed by atoms with Crippen LogP contribution in [0.4, 0.5) is 10.1 Å². The number of nitrogens with one attached hydrogen (secondary N) is 1. The highest BCUT2D eigenvalue weighted by Crippen LogP contribution is 2.48. The Balaban J connectivity index is 1.38. The summed E-state index contributed by atoms with van der Waals surface area (Å²) in [4.78, 5) is 26.4. The van der Waals surface area contributed by atoms with Crippen LogP contribution in [-0.4, -0.2) is 16.2 Å². The summed E-state index contributed by atoms with van der Waals surface area (Å²) in [6.07, 6.45) is 2.90. The topological polar surface area (TPSA) is 51.1 Å². The van der Waals surface area contributed by atoms with Crippen molar-refractivity contribution >= 4 is 34.1 Å². The molecule has 1 amide bonds. The van der Waals surface area contributed by atoms with Gasteiger partial charge in [0, 0.05) is 17.5 Å². The van der Waals surface area contributed by atoms with E-state index < -0.39 is 11.9 Å². The zero-order valence-corrected chi connectivity index (χ0v) is 19.3. The minimum Gasteiger partial charge on any atom is -0.324 e. The van der Waals surface area contributed by atoms with Crippen LogP contribution >= 0.6 is 11.8 Å². The summed E-state index contributed by atoms with van der Waals surface area (Å²) in [6, 6.07) is 21.6. The molecule has 1 aromatic heterocycles. The highest BCUT2D eigenvalue weighted by molar-refractivity contribution is 7.99. The van der Waals surface area contributed by atoms with Crippen LogP contribution in [-0.2, 0) is 11.2 Å². The van der Waals surface area contributed by atoms with E-state index >= 15 is 0 Å². The molecule has 0 unspecified atom stereocenters. The molecule has 0 radical (unpaired) electrons. The second-order valence-corrected chi connectivity index (χ2v) is 10.0. The van der Waals surface area contributed by atoms with Crippen molar-refractivity contribution in [2.45, 2.75) is 36.2 Å². The van der Waals surface area contributed by atoms with E-state index in [0.717, 1.165) is 23.4 Å². The molecule has 0 bridgehead atoms. The zero-order chi connectivity index (χ0) is 23.2. The van der Waals surface area contributed by atoms with E-state index in [1.54, 1.807) is 34.5 Å². The van der Waals surface area contributed by atoms with Crippen LogP contribution in [0.2, 0.25) is 0 Å². The Bertz CT molecular complexity index is 1490. The molecule has 34 heavy (non-hydrogen) atoms. The summed E-state index contributed by atoms with van der Waals surface area (Å²) in [5.41, 5.74) is 3.73. The Morgan fingerprint density at radius 2 is 1.79 bits per heavy atom. The van der Waals surface area contributed by atoms with Crippen molar-refractivity contribution < 1.29 is 9.18 Å². The first-order valence-corrected chi connectivity index (χ1v) is 12.5. The van der Waals surface area contributed by atoms with Gasteiger partial charge >= 0.3 is 0 Å². The van der Waals surface area contributed by atoms with Gasteiger partial charge in [-0.05, 0) is 70.8 Å².